The molecule has 1 aromatic carbocycles. The Kier molecular flexibility index (Phi) is 2.60. The highest BCUT2D eigenvalue weighted by Gasteiger charge is 1.98. The molecule has 0 spiro atoms. The van der Waals surface area contributed by atoms with Gasteiger partial charge >= 0.3 is 0 Å². The molecule has 0 atom stereocenters. The van der Waals surface area contributed by atoms with Crippen LogP contribution in [-0.4, -0.2) is 18.1 Å². The number of hydrogen-bond donors (Lipinski definition) is 2. The highest BCUT2D eigenvalue weighted by atomic mass is 14.9. The van der Waals surface area contributed by atoms with Crippen molar-refractivity contribution in [2.45, 2.75) is 0 Å². The summed E-state index contributed by atoms with van der Waals surface area (Å²) in [5.41, 5.74) is 6.49. The smallest absolute Gasteiger partial charge is 0.0606 e. The van der Waals surface area contributed by atoms with Gasteiger partial charge in [-0.2, -0.15) is 0 Å². The number of aromatic nitrogens is 1. The molecule has 3 heteroatoms. The first-order valence-electron chi connectivity index (χ1n) is 4.68. The molecule has 0 fully saturated rings. The van der Waals surface area contributed by atoms with Crippen molar-refractivity contribution in [2.24, 2.45) is 5.73 Å². The standard InChI is InChI=1S/C11H13N3/c12-5-6-14-11-8-13-7-9-3-1-2-4-10(9)11/h1-4,7-8,14H,5-6,12H2. The monoisotopic (exact) mass is 187 g/mol. The SMILES string of the molecule is NCCNc1cncc2ccccc12. The first-order valence-corrected chi connectivity index (χ1v) is 4.68. The van der Waals surface area contributed by atoms with E-state index in [0.29, 0.717) is 6.54 Å². The molecule has 1 aromatic heterocycles. The summed E-state index contributed by atoms with van der Waals surface area (Å²) in [7, 11) is 0. The third-order valence-corrected chi connectivity index (χ3v) is 2.13. The average molecular weight is 187 g/mol. The third kappa shape index (κ3) is 1.67. The number of pyridine rings is 1. The molecule has 1 heterocycles. The highest BCUT2D eigenvalue weighted by molar-refractivity contribution is 5.92. The second-order valence-corrected chi connectivity index (χ2v) is 3.12. The number of anilines is 1. The molecule has 0 aliphatic heterocycles. The predicted molar refractivity (Wildman–Crippen MR) is 59.3 cm³/mol. The van der Waals surface area contributed by atoms with Crippen molar-refractivity contribution in [3.05, 3.63) is 36.7 Å². The van der Waals surface area contributed by atoms with Crippen molar-refractivity contribution in [2.75, 3.05) is 18.4 Å². The van der Waals surface area contributed by atoms with Crippen LogP contribution in [0.3, 0.4) is 0 Å². The van der Waals surface area contributed by atoms with Crippen LogP contribution in [0.25, 0.3) is 10.8 Å². The van der Waals surface area contributed by atoms with Crippen LogP contribution in [0, 0.1) is 0 Å². The number of fused-ring (bicyclic) bond motifs is 1. The largest absolute Gasteiger partial charge is 0.382 e. The summed E-state index contributed by atoms with van der Waals surface area (Å²) in [5, 5.41) is 5.59. The van der Waals surface area contributed by atoms with E-state index < -0.39 is 0 Å². The van der Waals surface area contributed by atoms with Crippen molar-refractivity contribution in [1.29, 1.82) is 0 Å². The molecule has 0 amide bonds. The molecule has 0 saturated heterocycles. The zero-order chi connectivity index (χ0) is 9.80. The molecule has 2 rings (SSSR count). The molecule has 2 aromatic rings. The zero-order valence-electron chi connectivity index (χ0n) is 7.90. The number of nitrogens with zero attached hydrogens (tertiary/aromatic N) is 1. The lowest BCUT2D eigenvalue weighted by molar-refractivity contribution is 1.02. The van der Waals surface area contributed by atoms with Crippen molar-refractivity contribution >= 4 is 16.5 Å². The van der Waals surface area contributed by atoms with E-state index in [4.69, 9.17) is 5.73 Å². The fourth-order valence-corrected chi connectivity index (χ4v) is 1.46. The maximum absolute atomic E-state index is 5.44. The second-order valence-electron chi connectivity index (χ2n) is 3.12. The van der Waals surface area contributed by atoms with Crippen LogP contribution in [0.2, 0.25) is 0 Å². The van der Waals surface area contributed by atoms with Gasteiger partial charge in [0, 0.05) is 30.1 Å². The Morgan fingerprint density at radius 2 is 2.07 bits per heavy atom. The summed E-state index contributed by atoms with van der Waals surface area (Å²) in [6, 6.07) is 8.17. The molecule has 14 heavy (non-hydrogen) atoms. The van der Waals surface area contributed by atoms with Crippen molar-refractivity contribution in [3.8, 4) is 0 Å². The van der Waals surface area contributed by atoms with Gasteiger partial charge in [-0.15, -0.1) is 0 Å². The molecule has 0 aliphatic carbocycles. The van der Waals surface area contributed by atoms with Crippen LogP contribution in [0.5, 0.6) is 0 Å². The first-order chi connectivity index (χ1) is 6.92. The van der Waals surface area contributed by atoms with E-state index in [0.717, 1.165) is 17.6 Å². The predicted octanol–water partition coefficient (Wildman–Crippen LogP) is 1.61. The summed E-state index contributed by atoms with van der Waals surface area (Å²) in [4.78, 5) is 4.16. The minimum atomic E-state index is 0.628. The van der Waals surface area contributed by atoms with Gasteiger partial charge in [-0.25, -0.2) is 0 Å². The van der Waals surface area contributed by atoms with Crippen LogP contribution >= 0.6 is 0 Å². The molecule has 3 nitrogen and oxygen atoms in total. The fourth-order valence-electron chi connectivity index (χ4n) is 1.46. The van der Waals surface area contributed by atoms with E-state index in [2.05, 4.69) is 22.4 Å². The van der Waals surface area contributed by atoms with Crippen LogP contribution in [0.1, 0.15) is 0 Å². The Labute approximate surface area is 83.0 Å². The van der Waals surface area contributed by atoms with E-state index in [-0.39, 0.29) is 0 Å². The summed E-state index contributed by atoms with van der Waals surface area (Å²) >= 11 is 0. The minimum Gasteiger partial charge on any atom is -0.382 e. The van der Waals surface area contributed by atoms with Gasteiger partial charge in [0.05, 0.1) is 11.9 Å². The topological polar surface area (TPSA) is 50.9 Å². The Balaban J connectivity index is 2.43. The van der Waals surface area contributed by atoms with Gasteiger partial charge in [-0.05, 0) is 0 Å². The molecule has 0 bridgehead atoms. The second kappa shape index (κ2) is 4.07. The summed E-state index contributed by atoms with van der Waals surface area (Å²) in [5.74, 6) is 0. The van der Waals surface area contributed by atoms with E-state index in [1.807, 2.05) is 24.5 Å². The minimum absolute atomic E-state index is 0.628. The lowest BCUT2D eigenvalue weighted by atomic mass is 10.1. The average Bonchev–Trinajstić information content (AvgIpc) is 2.26. The van der Waals surface area contributed by atoms with Gasteiger partial charge in [-0.1, -0.05) is 24.3 Å². The van der Waals surface area contributed by atoms with Gasteiger partial charge in [0.1, 0.15) is 0 Å². The lowest BCUT2D eigenvalue weighted by Crippen LogP contribution is -2.13. The Morgan fingerprint density at radius 1 is 1.21 bits per heavy atom. The van der Waals surface area contributed by atoms with Crippen LogP contribution in [0.15, 0.2) is 36.7 Å². The highest BCUT2D eigenvalue weighted by Crippen LogP contribution is 2.20. The maximum atomic E-state index is 5.44. The molecule has 3 N–H and O–H groups in total. The van der Waals surface area contributed by atoms with Gasteiger partial charge in [0.2, 0.25) is 0 Å². The Morgan fingerprint density at radius 3 is 2.93 bits per heavy atom. The molecule has 0 radical (unpaired) electrons. The maximum Gasteiger partial charge on any atom is 0.0606 e. The van der Waals surface area contributed by atoms with Gasteiger partial charge < -0.3 is 11.1 Å². The van der Waals surface area contributed by atoms with E-state index >= 15 is 0 Å². The zero-order valence-corrected chi connectivity index (χ0v) is 7.90. The van der Waals surface area contributed by atoms with Crippen LogP contribution in [-0.2, 0) is 0 Å². The number of rotatable bonds is 3. The van der Waals surface area contributed by atoms with E-state index in [9.17, 15) is 0 Å². The summed E-state index contributed by atoms with van der Waals surface area (Å²) in [6.07, 6.45) is 3.70. The molecule has 0 saturated carbocycles. The number of nitrogens with one attached hydrogen (secondary N) is 1. The van der Waals surface area contributed by atoms with Gasteiger partial charge in [0.25, 0.3) is 0 Å². The Bertz CT molecular complexity index is 420. The number of benzene rings is 1. The fraction of sp³-hybridized carbons (Fsp3) is 0.182. The lowest BCUT2D eigenvalue weighted by Gasteiger charge is -2.07. The molecule has 0 aliphatic rings. The number of nitrogens with two attached hydrogens (primary N) is 1. The molecule has 0 unspecified atom stereocenters. The van der Waals surface area contributed by atoms with Crippen molar-refractivity contribution in [1.82, 2.24) is 4.98 Å². The third-order valence-electron chi connectivity index (χ3n) is 2.13. The normalized spacial score (nSPS) is 10.4. The summed E-state index contributed by atoms with van der Waals surface area (Å²) < 4.78 is 0. The van der Waals surface area contributed by atoms with Crippen molar-refractivity contribution in [3.63, 3.8) is 0 Å². The molecular formula is C11H13N3. The van der Waals surface area contributed by atoms with E-state index in [1.54, 1.807) is 0 Å². The van der Waals surface area contributed by atoms with Crippen LogP contribution in [0.4, 0.5) is 5.69 Å². The van der Waals surface area contributed by atoms with Crippen molar-refractivity contribution < 1.29 is 0 Å². The number of hydrogen-bond acceptors (Lipinski definition) is 3. The Hall–Kier alpha value is -1.61. The first kappa shape index (κ1) is 8.97. The van der Waals surface area contributed by atoms with Gasteiger partial charge in [-0.3, -0.25) is 4.98 Å². The summed E-state index contributed by atoms with van der Waals surface area (Å²) in [6.45, 7) is 1.40. The quantitative estimate of drug-likeness (QED) is 0.767. The van der Waals surface area contributed by atoms with Crippen LogP contribution < -0.4 is 11.1 Å². The molecular weight excluding hydrogens is 174 g/mol. The molecule has 72 valence electrons. The van der Waals surface area contributed by atoms with Gasteiger partial charge in [0.15, 0.2) is 0 Å². The van der Waals surface area contributed by atoms with E-state index in [1.165, 1.54) is 5.39 Å².